The lowest BCUT2D eigenvalue weighted by Crippen LogP contribution is -2.19. The number of amides is 1. The van der Waals surface area contributed by atoms with Crippen LogP contribution in [0.3, 0.4) is 0 Å². The third kappa shape index (κ3) is 5.19. The van der Waals surface area contributed by atoms with E-state index >= 15 is 0 Å². The molecule has 0 fully saturated rings. The minimum absolute atomic E-state index is 0.176. The van der Waals surface area contributed by atoms with Gasteiger partial charge in [-0.3, -0.25) is 4.79 Å². The number of nitrogens with two attached hydrogens (primary N) is 1. The average molecular weight is 489 g/mol. The third-order valence-corrected chi connectivity index (χ3v) is 5.44. The molecule has 0 saturated heterocycles. The quantitative estimate of drug-likeness (QED) is 0.340. The van der Waals surface area contributed by atoms with Crippen molar-refractivity contribution in [3.05, 3.63) is 106 Å². The normalized spacial score (nSPS) is 11.7. The van der Waals surface area contributed by atoms with Gasteiger partial charge in [-0.1, -0.05) is 70.5 Å². The summed E-state index contributed by atoms with van der Waals surface area (Å²) in [7, 11) is 0. The van der Waals surface area contributed by atoms with Gasteiger partial charge < -0.3 is 16.2 Å². The number of rotatable bonds is 6. The summed E-state index contributed by atoms with van der Waals surface area (Å²) in [6.45, 7) is 0. The fraction of sp³-hybridized carbons (Fsp3) is 0.0800. The maximum atomic E-state index is 12.7. The molecule has 4 rings (SSSR count). The molecule has 6 nitrogen and oxygen atoms in total. The van der Waals surface area contributed by atoms with Crippen molar-refractivity contribution in [2.24, 2.45) is 0 Å². The summed E-state index contributed by atoms with van der Waals surface area (Å²) in [4.78, 5) is 21.8. The fourth-order valence-electron chi connectivity index (χ4n) is 3.24. The standard InChI is InChI=1S/C25H21BrN4O2/c26-19-10-6-16(7-11-19)14-22(31)30-25-23(24(32)18-4-2-1-3-5-18)29-21(15-28-25)17-8-12-20(27)13-9-17/h1-13,15,24,32H,14,27H2,(H,28,30,31). The summed E-state index contributed by atoms with van der Waals surface area (Å²) >= 11 is 3.39. The first-order valence-corrected chi connectivity index (χ1v) is 10.8. The van der Waals surface area contributed by atoms with Crippen molar-refractivity contribution in [2.75, 3.05) is 11.1 Å². The van der Waals surface area contributed by atoms with Crippen molar-refractivity contribution in [3.63, 3.8) is 0 Å². The van der Waals surface area contributed by atoms with Gasteiger partial charge in [-0.2, -0.15) is 0 Å². The molecule has 32 heavy (non-hydrogen) atoms. The first-order valence-electron chi connectivity index (χ1n) is 10.00. The first kappa shape index (κ1) is 21.7. The van der Waals surface area contributed by atoms with Gasteiger partial charge in [0.15, 0.2) is 5.82 Å². The highest BCUT2D eigenvalue weighted by molar-refractivity contribution is 9.10. The lowest BCUT2D eigenvalue weighted by Gasteiger charge is -2.16. The van der Waals surface area contributed by atoms with E-state index in [4.69, 9.17) is 5.73 Å². The van der Waals surface area contributed by atoms with Gasteiger partial charge in [-0.15, -0.1) is 0 Å². The smallest absolute Gasteiger partial charge is 0.229 e. The molecule has 0 radical (unpaired) electrons. The molecule has 160 valence electrons. The number of carbonyl (C=O) groups excluding carboxylic acids is 1. The minimum atomic E-state index is -1.06. The number of aliphatic hydroxyl groups is 1. The Morgan fingerprint density at radius 3 is 2.38 bits per heavy atom. The van der Waals surface area contributed by atoms with Crippen LogP contribution in [0.2, 0.25) is 0 Å². The fourth-order valence-corrected chi connectivity index (χ4v) is 3.50. The highest BCUT2D eigenvalue weighted by Crippen LogP contribution is 2.28. The van der Waals surface area contributed by atoms with Crippen LogP contribution >= 0.6 is 15.9 Å². The second-order valence-electron chi connectivity index (χ2n) is 7.28. The molecular weight excluding hydrogens is 468 g/mol. The summed E-state index contributed by atoms with van der Waals surface area (Å²) in [5.41, 5.74) is 9.59. The van der Waals surface area contributed by atoms with Gasteiger partial charge in [0.2, 0.25) is 5.91 Å². The molecule has 0 bridgehead atoms. The maximum Gasteiger partial charge on any atom is 0.229 e. The van der Waals surface area contributed by atoms with Crippen LogP contribution in [0.5, 0.6) is 0 Å². The highest BCUT2D eigenvalue weighted by atomic mass is 79.9. The van der Waals surface area contributed by atoms with Crippen LogP contribution in [0, 0.1) is 0 Å². The van der Waals surface area contributed by atoms with Crippen LogP contribution in [0.15, 0.2) is 89.5 Å². The van der Waals surface area contributed by atoms with Crippen LogP contribution in [0.1, 0.15) is 22.9 Å². The number of hydrogen-bond donors (Lipinski definition) is 3. The summed E-state index contributed by atoms with van der Waals surface area (Å²) in [6, 6.07) is 23.9. The molecule has 7 heteroatoms. The van der Waals surface area contributed by atoms with E-state index in [1.54, 1.807) is 30.5 Å². The number of aromatic nitrogens is 2. The maximum absolute atomic E-state index is 12.7. The Hall–Kier alpha value is -3.55. The van der Waals surface area contributed by atoms with Gasteiger partial charge in [0.1, 0.15) is 11.8 Å². The predicted molar refractivity (Wildman–Crippen MR) is 129 cm³/mol. The summed E-state index contributed by atoms with van der Waals surface area (Å²) in [6.07, 6.45) is 0.692. The molecule has 1 amide bonds. The monoisotopic (exact) mass is 488 g/mol. The number of benzene rings is 3. The zero-order valence-electron chi connectivity index (χ0n) is 17.1. The van der Waals surface area contributed by atoms with E-state index < -0.39 is 6.10 Å². The average Bonchev–Trinajstić information content (AvgIpc) is 2.81. The van der Waals surface area contributed by atoms with Crippen LogP contribution < -0.4 is 11.1 Å². The minimum Gasteiger partial charge on any atom is -0.399 e. The van der Waals surface area contributed by atoms with Crippen molar-refractivity contribution in [1.82, 2.24) is 9.97 Å². The highest BCUT2D eigenvalue weighted by Gasteiger charge is 2.20. The number of anilines is 2. The Labute approximate surface area is 194 Å². The number of aliphatic hydroxyl groups excluding tert-OH is 1. The first-order chi connectivity index (χ1) is 15.5. The van der Waals surface area contributed by atoms with Gasteiger partial charge in [-0.25, -0.2) is 9.97 Å². The predicted octanol–water partition coefficient (Wildman–Crippen LogP) is 4.75. The molecule has 4 N–H and O–H groups in total. The van der Waals surface area contributed by atoms with E-state index in [0.717, 1.165) is 15.6 Å². The largest absolute Gasteiger partial charge is 0.399 e. The molecule has 1 atom stereocenters. The Morgan fingerprint density at radius 2 is 1.69 bits per heavy atom. The van der Waals surface area contributed by atoms with E-state index in [-0.39, 0.29) is 23.8 Å². The third-order valence-electron chi connectivity index (χ3n) is 4.92. The van der Waals surface area contributed by atoms with Crippen molar-refractivity contribution >= 4 is 33.3 Å². The van der Waals surface area contributed by atoms with Crippen molar-refractivity contribution in [1.29, 1.82) is 0 Å². The number of halogens is 1. The molecule has 3 aromatic carbocycles. The second-order valence-corrected chi connectivity index (χ2v) is 8.19. The molecule has 1 unspecified atom stereocenters. The Kier molecular flexibility index (Phi) is 6.58. The zero-order valence-corrected chi connectivity index (χ0v) is 18.7. The number of carbonyl (C=O) groups is 1. The van der Waals surface area contributed by atoms with Crippen LogP contribution in [0.25, 0.3) is 11.3 Å². The molecule has 0 spiro atoms. The van der Waals surface area contributed by atoms with Crippen LogP contribution in [0.4, 0.5) is 11.5 Å². The van der Waals surface area contributed by atoms with E-state index in [0.29, 0.717) is 16.9 Å². The lowest BCUT2D eigenvalue weighted by molar-refractivity contribution is -0.115. The molecule has 1 heterocycles. The van der Waals surface area contributed by atoms with E-state index in [1.807, 2.05) is 54.6 Å². The van der Waals surface area contributed by atoms with Gasteiger partial charge in [0.05, 0.1) is 18.3 Å². The van der Waals surface area contributed by atoms with Crippen molar-refractivity contribution < 1.29 is 9.90 Å². The topological polar surface area (TPSA) is 101 Å². The Morgan fingerprint density at radius 1 is 1.00 bits per heavy atom. The molecule has 0 aliphatic rings. The molecular formula is C25H21BrN4O2. The molecule has 0 saturated carbocycles. The number of nitrogen functional groups attached to an aromatic ring is 1. The Bertz CT molecular complexity index is 1210. The number of nitrogens with one attached hydrogen (secondary N) is 1. The molecule has 0 aliphatic heterocycles. The van der Waals surface area contributed by atoms with E-state index in [1.165, 1.54) is 0 Å². The summed E-state index contributed by atoms with van der Waals surface area (Å²) < 4.78 is 0.944. The summed E-state index contributed by atoms with van der Waals surface area (Å²) in [5, 5.41) is 13.9. The van der Waals surface area contributed by atoms with Gasteiger partial charge >= 0.3 is 0 Å². The summed E-state index contributed by atoms with van der Waals surface area (Å²) in [5.74, 6) is -0.0222. The van der Waals surface area contributed by atoms with Gasteiger partial charge in [0, 0.05) is 15.7 Å². The van der Waals surface area contributed by atoms with Gasteiger partial charge in [0.25, 0.3) is 0 Å². The number of hydrogen-bond acceptors (Lipinski definition) is 5. The molecule has 0 aliphatic carbocycles. The second kappa shape index (κ2) is 9.72. The molecule has 4 aromatic rings. The molecule has 1 aromatic heterocycles. The Balaban J connectivity index is 1.66. The van der Waals surface area contributed by atoms with Crippen molar-refractivity contribution in [3.8, 4) is 11.3 Å². The van der Waals surface area contributed by atoms with Crippen LogP contribution in [-0.2, 0) is 11.2 Å². The SMILES string of the molecule is Nc1ccc(-c2cnc(NC(=O)Cc3ccc(Br)cc3)c(C(O)c3ccccc3)n2)cc1. The zero-order chi connectivity index (χ0) is 22.5. The van der Waals surface area contributed by atoms with Crippen LogP contribution in [-0.4, -0.2) is 21.0 Å². The lowest BCUT2D eigenvalue weighted by atomic mass is 10.1. The van der Waals surface area contributed by atoms with Gasteiger partial charge in [-0.05, 0) is 35.4 Å². The van der Waals surface area contributed by atoms with E-state index in [2.05, 4.69) is 31.2 Å². The van der Waals surface area contributed by atoms with Crippen molar-refractivity contribution in [2.45, 2.75) is 12.5 Å². The number of nitrogens with zero attached hydrogens (tertiary/aromatic N) is 2. The van der Waals surface area contributed by atoms with E-state index in [9.17, 15) is 9.90 Å².